The number of hydrogen-bond acceptors (Lipinski definition) is 4. The lowest BCUT2D eigenvalue weighted by Crippen LogP contribution is -2.19. The smallest absolute Gasteiger partial charge is 0.232 e. The standard InChI is InChI=1S/C13H21N3O/c1-10(2)5-14-6-12-7-16-13(8-15-12)17-9-11-3-4-11/h7-8,10-11,14H,3-6,9H2,1-2H3. The van der Waals surface area contributed by atoms with Crippen molar-refractivity contribution in [3.8, 4) is 5.88 Å². The van der Waals surface area contributed by atoms with E-state index in [1.807, 2.05) is 0 Å². The Hall–Kier alpha value is -1.16. The Morgan fingerprint density at radius 2 is 2.18 bits per heavy atom. The van der Waals surface area contributed by atoms with Gasteiger partial charge in [-0.1, -0.05) is 13.8 Å². The molecule has 0 unspecified atom stereocenters. The molecule has 0 aromatic carbocycles. The molecule has 0 amide bonds. The lowest BCUT2D eigenvalue weighted by molar-refractivity contribution is 0.287. The highest BCUT2D eigenvalue weighted by atomic mass is 16.5. The van der Waals surface area contributed by atoms with Gasteiger partial charge < -0.3 is 10.1 Å². The highest BCUT2D eigenvalue weighted by Crippen LogP contribution is 2.28. The summed E-state index contributed by atoms with van der Waals surface area (Å²) >= 11 is 0. The Morgan fingerprint density at radius 1 is 1.35 bits per heavy atom. The van der Waals surface area contributed by atoms with E-state index in [1.54, 1.807) is 12.4 Å². The maximum atomic E-state index is 5.53. The molecule has 1 aromatic heterocycles. The van der Waals surface area contributed by atoms with Gasteiger partial charge in [0.2, 0.25) is 5.88 Å². The topological polar surface area (TPSA) is 47.0 Å². The molecule has 2 rings (SSSR count). The van der Waals surface area contributed by atoms with Crippen molar-refractivity contribution in [1.82, 2.24) is 15.3 Å². The second kappa shape index (κ2) is 5.96. The summed E-state index contributed by atoms with van der Waals surface area (Å²) in [6, 6.07) is 0. The van der Waals surface area contributed by atoms with E-state index >= 15 is 0 Å². The lowest BCUT2D eigenvalue weighted by atomic mass is 10.2. The van der Waals surface area contributed by atoms with Crippen molar-refractivity contribution in [3.05, 3.63) is 18.1 Å². The van der Waals surface area contributed by atoms with Crippen LogP contribution in [-0.2, 0) is 6.54 Å². The third-order valence-corrected chi connectivity index (χ3v) is 2.70. The monoisotopic (exact) mass is 235 g/mol. The number of nitrogens with one attached hydrogen (secondary N) is 1. The van der Waals surface area contributed by atoms with Crippen LogP contribution in [-0.4, -0.2) is 23.1 Å². The molecule has 4 heteroatoms. The first kappa shape index (κ1) is 12.3. The molecule has 1 aromatic rings. The van der Waals surface area contributed by atoms with Crippen molar-refractivity contribution >= 4 is 0 Å². The van der Waals surface area contributed by atoms with Gasteiger partial charge in [0.15, 0.2) is 0 Å². The van der Waals surface area contributed by atoms with Crippen LogP contribution >= 0.6 is 0 Å². The fraction of sp³-hybridized carbons (Fsp3) is 0.692. The molecule has 1 saturated carbocycles. The van der Waals surface area contributed by atoms with Crippen LogP contribution in [0.4, 0.5) is 0 Å². The Bertz CT molecular complexity index is 333. The number of ether oxygens (including phenoxy) is 1. The van der Waals surface area contributed by atoms with Gasteiger partial charge in [0.05, 0.1) is 24.7 Å². The number of aromatic nitrogens is 2. The van der Waals surface area contributed by atoms with Crippen LogP contribution in [0.5, 0.6) is 5.88 Å². The molecule has 4 nitrogen and oxygen atoms in total. The van der Waals surface area contributed by atoms with Gasteiger partial charge in [-0.05, 0) is 31.2 Å². The highest BCUT2D eigenvalue weighted by molar-refractivity contribution is 5.07. The van der Waals surface area contributed by atoms with Crippen LogP contribution in [0.2, 0.25) is 0 Å². The minimum Gasteiger partial charge on any atom is -0.476 e. The SMILES string of the molecule is CC(C)CNCc1cnc(OCC2CC2)cn1. The summed E-state index contributed by atoms with van der Waals surface area (Å²) in [6.45, 7) is 6.94. The van der Waals surface area contributed by atoms with Crippen LogP contribution in [0, 0.1) is 11.8 Å². The van der Waals surface area contributed by atoms with Crippen LogP contribution in [0.15, 0.2) is 12.4 Å². The summed E-state index contributed by atoms with van der Waals surface area (Å²) in [5.74, 6) is 2.05. The van der Waals surface area contributed by atoms with E-state index in [1.165, 1.54) is 12.8 Å². The molecule has 94 valence electrons. The minimum atomic E-state index is 0.643. The van der Waals surface area contributed by atoms with Gasteiger partial charge >= 0.3 is 0 Å². The van der Waals surface area contributed by atoms with Crippen LogP contribution in [0.25, 0.3) is 0 Å². The molecule has 0 atom stereocenters. The Balaban J connectivity index is 1.72. The summed E-state index contributed by atoms with van der Waals surface area (Å²) in [5, 5.41) is 3.34. The quantitative estimate of drug-likeness (QED) is 0.785. The van der Waals surface area contributed by atoms with Crippen molar-refractivity contribution in [3.63, 3.8) is 0 Å². The molecule has 0 aliphatic heterocycles. The van der Waals surface area contributed by atoms with E-state index in [0.717, 1.165) is 31.3 Å². The van der Waals surface area contributed by atoms with Crippen LogP contribution in [0.3, 0.4) is 0 Å². The lowest BCUT2D eigenvalue weighted by Gasteiger charge is -2.07. The first-order chi connectivity index (χ1) is 8.24. The molecule has 1 heterocycles. The minimum absolute atomic E-state index is 0.643. The van der Waals surface area contributed by atoms with E-state index in [4.69, 9.17) is 4.74 Å². The van der Waals surface area contributed by atoms with Gasteiger partial charge in [-0.15, -0.1) is 0 Å². The van der Waals surface area contributed by atoms with Gasteiger partial charge in [0, 0.05) is 6.54 Å². The second-order valence-electron chi connectivity index (χ2n) is 5.13. The second-order valence-corrected chi connectivity index (χ2v) is 5.13. The summed E-state index contributed by atoms with van der Waals surface area (Å²) in [7, 11) is 0. The van der Waals surface area contributed by atoms with Gasteiger partial charge in [-0.25, -0.2) is 4.98 Å². The van der Waals surface area contributed by atoms with Crippen molar-refractivity contribution in [2.75, 3.05) is 13.2 Å². The largest absolute Gasteiger partial charge is 0.476 e. The summed E-state index contributed by atoms with van der Waals surface area (Å²) in [4.78, 5) is 8.58. The Labute approximate surface area is 103 Å². The Morgan fingerprint density at radius 3 is 2.76 bits per heavy atom. The van der Waals surface area contributed by atoms with Crippen molar-refractivity contribution in [2.45, 2.75) is 33.2 Å². The Kier molecular flexibility index (Phi) is 4.31. The summed E-state index contributed by atoms with van der Waals surface area (Å²) < 4.78 is 5.53. The number of rotatable bonds is 7. The average Bonchev–Trinajstić information content (AvgIpc) is 3.11. The van der Waals surface area contributed by atoms with Crippen molar-refractivity contribution in [2.24, 2.45) is 11.8 Å². The molecular formula is C13H21N3O. The van der Waals surface area contributed by atoms with Gasteiger partial charge in [0.25, 0.3) is 0 Å². The third-order valence-electron chi connectivity index (χ3n) is 2.70. The molecule has 1 aliphatic rings. The maximum absolute atomic E-state index is 5.53. The third kappa shape index (κ3) is 4.69. The van der Waals surface area contributed by atoms with Gasteiger partial charge in [-0.3, -0.25) is 4.98 Å². The molecule has 0 bridgehead atoms. The fourth-order valence-electron chi connectivity index (χ4n) is 1.49. The van der Waals surface area contributed by atoms with Crippen LogP contribution < -0.4 is 10.1 Å². The molecule has 1 aliphatic carbocycles. The fourth-order valence-corrected chi connectivity index (χ4v) is 1.49. The zero-order chi connectivity index (χ0) is 12.1. The van der Waals surface area contributed by atoms with E-state index in [2.05, 4.69) is 29.1 Å². The molecular weight excluding hydrogens is 214 g/mol. The number of hydrogen-bond donors (Lipinski definition) is 1. The van der Waals surface area contributed by atoms with Gasteiger partial charge in [0.1, 0.15) is 0 Å². The molecule has 0 radical (unpaired) electrons. The highest BCUT2D eigenvalue weighted by Gasteiger charge is 2.22. The summed E-state index contributed by atoms with van der Waals surface area (Å²) in [6.07, 6.45) is 6.10. The van der Waals surface area contributed by atoms with E-state index in [0.29, 0.717) is 11.8 Å². The average molecular weight is 235 g/mol. The summed E-state index contributed by atoms with van der Waals surface area (Å²) in [5.41, 5.74) is 0.962. The van der Waals surface area contributed by atoms with E-state index in [9.17, 15) is 0 Å². The van der Waals surface area contributed by atoms with Gasteiger partial charge in [-0.2, -0.15) is 0 Å². The zero-order valence-electron chi connectivity index (χ0n) is 10.6. The molecule has 0 saturated heterocycles. The van der Waals surface area contributed by atoms with Crippen molar-refractivity contribution in [1.29, 1.82) is 0 Å². The predicted octanol–water partition coefficient (Wildman–Crippen LogP) is 2.01. The normalized spacial score (nSPS) is 15.2. The molecule has 1 fully saturated rings. The molecule has 0 spiro atoms. The first-order valence-corrected chi connectivity index (χ1v) is 6.38. The zero-order valence-corrected chi connectivity index (χ0v) is 10.6. The van der Waals surface area contributed by atoms with Crippen LogP contribution in [0.1, 0.15) is 32.4 Å². The number of nitrogens with zero attached hydrogens (tertiary/aromatic N) is 2. The molecule has 17 heavy (non-hydrogen) atoms. The molecule has 1 N–H and O–H groups in total. The predicted molar refractivity (Wildman–Crippen MR) is 66.8 cm³/mol. The van der Waals surface area contributed by atoms with E-state index < -0.39 is 0 Å². The maximum Gasteiger partial charge on any atom is 0.232 e. The van der Waals surface area contributed by atoms with Crippen molar-refractivity contribution < 1.29 is 4.74 Å². The first-order valence-electron chi connectivity index (χ1n) is 6.38. The van der Waals surface area contributed by atoms with E-state index in [-0.39, 0.29) is 0 Å².